The summed E-state index contributed by atoms with van der Waals surface area (Å²) in [4.78, 5) is 21.0. The molecule has 0 spiro atoms. The topological polar surface area (TPSA) is 61.8 Å². The van der Waals surface area contributed by atoms with E-state index in [9.17, 15) is 9.59 Å². The average molecular weight is 411 g/mol. The van der Waals surface area contributed by atoms with Crippen molar-refractivity contribution in [2.75, 3.05) is 13.2 Å². The highest BCUT2D eigenvalue weighted by Crippen LogP contribution is 2.14. The van der Waals surface area contributed by atoms with Crippen LogP contribution in [-0.4, -0.2) is 38.4 Å². The SMILES string of the molecule is CCCCCCOC(CC=CCC=O)OC(CC=CCC=O)OCCCCCC. The van der Waals surface area contributed by atoms with E-state index >= 15 is 0 Å². The Labute approximate surface area is 177 Å². The molecular weight excluding hydrogens is 368 g/mol. The van der Waals surface area contributed by atoms with Crippen LogP contribution in [0.1, 0.15) is 90.9 Å². The molecule has 5 nitrogen and oxygen atoms in total. The number of ether oxygens (including phenoxy) is 3. The summed E-state index contributed by atoms with van der Waals surface area (Å²) in [5.41, 5.74) is 0. The molecule has 0 aliphatic heterocycles. The highest BCUT2D eigenvalue weighted by atomic mass is 16.8. The second-order valence-corrected chi connectivity index (χ2v) is 7.08. The minimum Gasteiger partial charge on any atom is -0.352 e. The maximum Gasteiger partial charge on any atom is 0.164 e. The number of allylic oxidation sites excluding steroid dienone is 2. The summed E-state index contributed by atoms with van der Waals surface area (Å²) < 4.78 is 18.0. The molecule has 0 aliphatic carbocycles. The fourth-order valence-corrected chi connectivity index (χ4v) is 2.70. The van der Waals surface area contributed by atoms with Gasteiger partial charge in [0.1, 0.15) is 12.6 Å². The van der Waals surface area contributed by atoms with Gasteiger partial charge in [0.2, 0.25) is 0 Å². The van der Waals surface area contributed by atoms with Crippen molar-refractivity contribution in [3.05, 3.63) is 24.3 Å². The normalized spacial score (nSPS) is 13.9. The lowest BCUT2D eigenvalue weighted by Crippen LogP contribution is -2.27. The van der Waals surface area contributed by atoms with E-state index in [2.05, 4.69) is 13.8 Å². The molecule has 0 saturated heterocycles. The van der Waals surface area contributed by atoms with E-state index in [-0.39, 0.29) is 0 Å². The fraction of sp³-hybridized carbons (Fsp3) is 0.750. The van der Waals surface area contributed by atoms with Gasteiger partial charge in [-0.3, -0.25) is 0 Å². The molecule has 5 heteroatoms. The van der Waals surface area contributed by atoms with Crippen LogP contribution in [0.4, 0.5) is 0 Å². The fourth-order valence-electron chi connectivity index (χ4n) is 2.70. The van der Waals surface area contributed by atoms with Gasteiger partial charge in [-0.1, -0.05) is 76.7 Å². The van der Waals surface area contributed by atoms with Crippen LogP contribution in [-0.2, 0) is 23.8 Å². The van der Waals surface area contributed by atoms with Crippen LogP contribution in [0.25, 0.3) is 0 Å². The van der Waals surface area contributed by atoms with Crippen molar-refractivity contribution in [1.29, 1.82) is 0 Å². The van der Waals surface area contributed by atoms with Gasteiger partial charge in [0.25, 0.3) is 0 Å². The number of hydrogen-bond acceptors (Lipinski definition) is 5. The number of hydrogen-bond donors (Lipinski definition) is 0. The van der Waals surface area contributed by atoms with Gasteiger partial charge in [0, 0.05) is 38.9 Å². The van der Waals surface area contributed by atoms with Crippen LogP contribution in [0.3, 0.4) is 0 Å². The summed E-state index contributed by atoms with van der Waals surface area (Å²) in [6.45, 7) is 5.67. The van der Waals surface area contributed by atoms with Gasteiger partial charge >= 0.3 is 0 Å². The van der Waals surface area contributed by atoms with Crippen LogP contribution in [0, 0.1) is 0 Å². The number of rotatable bonds is 22. The molecule has 0 aromatic heterocycles. The van der Waals surface area contributed by atoms with E-state index in [1.165, 1.54) is 25.7 Å². The van der Waals surface area contributed by atoms with E-state index in [0.29, 0.717) is 38.9 Å². The first-order chi connectivity index (χ1) is 14.3. The highest BCUT2D eigenvalue weighted by molar-refractivity contribution is 5.52. The third-order valence-corrected chi connectivity index (χ3v) is 4.36. The molecule has 0 aliphatic rings. The maximum atomic E-state index is 10.5. The van der Waals surface area contributed by atoms with Crippen LogP contribution in [0.5, 0.6) is 0 Å². The largest absolute Gasteiger partial charge is 0.352 e. The molecule has 0 fully saturated rings. The standard InChI is InChI=1S/C24H42O5/c1-3-5-7-15-21-27-23(17-11-9-13-19-25)29-24(18-12-10-14-20-26)28-22-16-8-6-4-2/h9-12,19-20,23-24H,3-8,13-18,21-22H2,1-2H3. The predicted molar refractivity (Wildman–Crippen MR) is 118 cm³/mol. The van der Waals surface area contributed by atoms with Crippen molar-refractivity contribution in [2.45, 2.75) is 103 Å². The van der Waals surface area contributed by atoms with Crippen molar-refractivity contribution < 1.29 is 23.8 Å². The van der Waals surface area contributed by atoms with Crippen molar-refractivity contribution in [1.82, 2.24) is 0 Å². The molecule has 29 heavy (non-hydrogen) atoms. The molecule has 0 aromatic rings. The third-order valence-electron chi connectivity index (χ3n) is 4.36. The molecule has 168 valence electrons. The first-order valence-electron chi connectivity index (χ1n) is 11.3. The van der Waals surface area contributed by atoms with Crippen LogP contribution in [0.15, 0.2) is 24.3 Å². The summed E-state index contributed by atoms with van der Waals surface area (Å²) in [6.07, 6.45) is 19.5. The van der Waals surface area contributed by atoms with Crippen molar-refractivity contribution in [2.24, 2.45) is 0 Å². The monoisotopic (exact) mass is 410 g/mol. The first-order valence-corrected chi connectivity index (χ1v) is 11.3. The second-order valence-electron chi connectivity index (χ2n) is 7.08. The van der Waals surface area contributed by atoms with E-state index < -0.39 is 12.6 Å². The van der Waals surface area contributed by atoms with Gasteiger partial charge in [-0.15, -0.1) is 0 Å². The Morgan fingerprint density at radius 1 is 0.621 bits per heavy atom. The Kier molecular flexibility index (Phi) is 22.0. The quantitative estimate of drug-likeness (QED) is 0.0959. The summed E-state index contributed by atoms with van der Waals surface area (Å²) in [5, 5.41) is 0. The lowest BCUT2D eigenvalue weighted by atomic mass is 10.2. The molecule has 0 N–H and O–H groups in total. The molecule has 2 atom stereocenters. The van der Waals surface area contributed by atoms with Gasteiger partial charge in [-0.25, -0.2) is 0 Å². The van der Waals surface area contributed by atoms with Gasteiger partial charge in [0.15, 0.2) is 12.6 Å². The second kappa shape index (κ2) is 23.0. The van der Waals surface area contributed by atoms with E-state index in [4.69, 9.17) is 14.2 Å². The Morgan fingerprint density at radius 2 is 1.07 bits per heavy atom. The van der Waals surface area contributed by atoms with Crippen molar-refractivity contribution in [3.63, 3.8) is 0 Å². The molecule has 0 radical (unpaired) electrons. The minimum atomic E-state index is -0.403. The summed E-state index contributed by atoms with van der Waals surface area (Å²) in [5.74, 6) is 0. The zero-order valence-electron chi connectivity index (χ0n) is 18.6. The van der Waals surface area contributed by atoms with Crippen LogP contribution in [0.2, 0.25) is 0 Å². The number of carbonyl (C=O) groups excluding carboxylic acids is 2. The Bertz CT molecular complexity index is 381. The zero-order chi connectivity index (χ0) is 21.4. The first kappa shape index (κ1) is 27.7. The number of unbranched alkanes of at least 4 members (excludes halogenated alkanes) is 6. The Balaban J connectivity index is 4.65. The molecule has 0 aromatic carbocycles. The molecule has 2 unspecified atom stereocenters. The zero-order valence-corrected chi connectivity index (χ0v) is 18.6. The molecule has 0 heterocycles. The Morgan fingerprint density at radius 3 is 1.45 bits per heavy atom. The average Bonchev–Trinajstić information content (AvgIpc) is 2.73. The molecule has 0 rings (SSSR count). The Hall–Kier alpha value is -1.30. The van der Waals surface area contributed by atoms with E-state index in [1.807, 2.05) is 24.3 Å². The van der Waals surface area contributed by atoms with E-state index in [1.54, 1.807) is 0 Å². The highest BCUT2D eigenvalue weighted by Gasteiger charge is 2.16. The van der Waals surface area contributed by atoms with Crippen molar-refractivity contribution >= 4 is 12.6 Å². The maximum absolute atomic E-state index is 10.5. The van der Waals surface area contributed by atoms with Gasteiger partial charge in [-0.2, -0.15) is 0 Å². The van der Waals surface area contributed by atoms with Gasteiger partial charge in [-0.05, 0) is 12.8 Å². The van der Waals surface area contributed by atoms with Crippen LogP contribution >= 0.6 is 0 Å². The molecule has 0 amide bonds. The predicted octanol–water partition coefficient (Wildman–Crippen LogP) is 5.92. The summed E-state index contributed by atoms with van der Waals surface area (Å²) in [7, 11) is 0. The van der Waals surface area contributed by atoms with Crippen LogP contribution < -0.4 is 0 Å². The molecule has 0 bridgehead atoms. The summed E-state index contributed by atoms with van der Waals surface area (Å²) in [6, 6.07) is 0. The molecule has 0 saturated carbocycles. The smallest absolute Gasteiger partial charge is 0.164 e. The lowest BCUT2D eigenvalue weighted by molar-refractivity contribution is -0.243. The van der Waals surface area contributed by atoms with Gasteiger partial charge < -0.3 is 23.8 Å². The lowest BCUT2D eigenvalue weighted by Gasteiger charge is -2.24. The summed E-state index contributed by atoms with van der Waals surface area (Å²) >= 11 is 0. The molecular formula is C24H42O5. The van der Waals surface area contributed by atoms with Gasteiger partial charge in [0.05, 0.1) is 0 Å². The minimum absolute atomic E-state index is 0.398. The number of carbonyl (C=O) groups is 2. The van der Waals surface area contributed by atoms with E-state index in [0.717, 1.165) is 38.3 Å². The number of aldehydes is 2. The van der Waals surface area contributed by atoms with Crippen molar-refractivity contribution in [3.8, 4) is 0 Å². The third kappa shape index (κ3) is 19.8.